The summed E-state index contributed by atoms with van der Waals surface area (Å²) in [7, 11) is 0. The van der Waals surface area contributed by atoms with Crippen LogP contribution in [0.3, 0.4) is 0 Å². The van der Waals surface area contributed by atoms with Crippen LogP contribution in [-0.2, 0) is 25.7 Å². The van der Waals surface area contributed by atoms with Gasteiger partial charge in [0.05, 0.1) is 43.1 Å². The Kier molecular flexibility index (Phi) is 8.38. The SMILES string of the molecule is CC1=C(C(=O)OC(C)C)[C@@H](c2cccc(OCc3ccccc3)c2)N2C(CC(=O)N3CCOCC3)=CSC2=N1. The van der Waals surface area contributed by atoms with Crippen LogP contribution >= 0.6 is 11.8 Å². The second-order valence-corrected chi connectivity index (χ2v) is 10.7. The van der Waals surface area contributed by atoms with Gasteiger partial charge in [-0.25, -0.2) is 9.79 Å². The summed E-state index contributed by atoms with van der Waals surface area (Å²) in [6.07, 6.45) is -0.0756. The van der Waals surface area contributed by atoms with Gasteiger partial charge in [0.1, 0.15) is 12.4 Å². The summed E-state index contributed by atoms with van der Waals surface area (Å²) in [6.45, 7) is 8.17. The van der Waals surface area contributed by atoms with Crippen LogP contribution in [0.1, 0.15) is 44.4 Å². The smallest absolute Gasteiger partial charge is 0.338 e. The number of benzene rings is 2. The Bertz CT molecular complexity index is 1310. The topological polar surface area (TPSA) is 80.7 Å². The standard InChI is InChI=1S/C30H33N3O5S/c1-20(2)38-29(35)27-21(3)31-30-33(24(19-39-30)17-26(34)32-12-14-36-15-13-32)28(27)23-10-7-11-25(16-23)37-18-22-8-5-4-6-9-22/h4-11,16,19-20,28H,12-15,17-18H2,1-3H3/t28-/m1/s1. The Labute approximate surface area is 233 Å². The first kappa shape index (κ1) is 27.0. The molecule has 8 nitrogen and oxygen atoms in total. The molecule has 0 spiro atoms. The van der Waals surface area contributed by atoms with Gasteiger partial charge in [-0.05, 0) is 49.4 Å². The van der Waals surface area contributed by atoms with Gasteiger partial charge in [-0.1, -0.05) is 54.2 Å². The zero-order valence-corrected chi connectivity index (χ0v) is 23.3. The molecule has 3 aliphatic rings. The van der Waals surface area contributed by atoms with E-state index >= 15 is 0 Å². The highest BCUT2D eigenvalue weighted by molar-refractivity contribution is 8.16. The van der Waals surface area contributed by atoms with Crippen molar-refractivity contribution in [3.8, 4) is 5.75 Å². The van der Waals surface area contributed by atoms with E-state index in [1.165, 1.54) is 11.8 Å². The number of morpholine rings is 1. The summed E-state index contributed by atoms with van der Waals surface area (Å²) in [5.41, 5.74) is 3.79. The van der Waals surface area contributed by atoms with Crippen LogP contribution in [-0.4, -0.2) is 59.3 Å². The number of rotatable bonds is 8. The van der Waals surface area contributed by atoms with Gasteiger partial charge in [-0.15, -0.1) is 0 Å². The summed E-state index contributed by atoms with van der Waals surface area (Å²) >= 11 is 1.47. The molecule has 0 unspecified atom stereocenters. The lowest BCUT2D eigenvalue weighted by molar-refractivity contribution is -0.143. The number of carbonyl (C=O) groups is 2. The number of aliphatic imine (C=N–C) groups is 1. The number of hydrogen-bond donors (Lipinski definition) is 0. The minimum Gasteiger partial charge on any atom is -0.489 e. The van der Waals surface area contributed by atoms with Gasteiger partial charge in [0.15, 0.2) is 5.17 Å². The van der Waals surface area contributed by atoms with E-state index in [1.807, 2.05) is 90.6 Å². The Morgan fingerprint density at radius 2 is 1.87 bits per heavy atom. The highest BCUT2D eigenvalue weighted by Gasteiger charge is 2.41. The number of thioether (sulfide) groups is 1. The lowest BCUT2D eigenvalue weighted by Crippen LogP contribution is -2.42. The number of ether oxygens (including phenoxy) is 3. The van der Waals surface area contributed by atoms with Gasteiger partial charge < -0.3 is 24.0 Å². The van der Waals surface area contributed by atoms with E-state index < -0.39 is 12.0 Å². The van der Waals surface area contributed by atoms with E-state index in [2.05, 4.69) is 0 Å². The summed E-state index contributed by atoms with van der Waals surface area (Å²) in [5.74, 6) is 0.306. The van der Waals surface area contributed by atoms with Crippen molar-refractivity contribution >= 4 is 28.8 Å². The molecule has 0 radical (unpaired) electrons. The van der Waals surface area contributed by atoms with Gasteiger partial charge >= 0.3 is 5.97 Å². The van der Waals surface area contributed by atoms with Crippen molar-refractivity contribution in [3.63, 3.8) is 0 Å². The Hall–Kier alpha value is -3.56. The van der Waals surface area contributed by atoms with Crippen LogP contribution in [0.15, 0.2) is 82.0 Å². The second kappa shape index (κ2) is 12.1. The molecular formula is C30H33N3O5S. The van der Waals surface area contributed by atoms with Crippen LogP contribution in [0.25, 0.3) is 0 Å². The third kappa shape index (κ3) is 6.20. The number of nitrogens with zero attached hydrogens (tertiary/aromatic N) is 3. The Morgan fingerprint density at radius 3 is 2.62 bits per heavy atom. The molecule has 3 aliphatic heterocycles. The van der Waals surface area contributed by atoms with Crippen LogP contribution in [0.2, 0.25) is 0 Å². The molecule has 1 saturated heterocycles. The third-order valence-corrected chi connectivity index (χ3v) is 7.57. The summed E-state index contributed by atoms with van der Waals surface area (Å²) in [4.78, 5) is 35.2. The largest absolute Gasteiger partial charge is 0.489 e. The number of carbonyl (C=O) groups excluding carboxylic acids is 2. The fourth-order valence-electron chi connectivity index (χ4n) is 4.82. The van der Waals surface area contributed by atoms with E-state index in [0.29, 0.717) is 49.9 Å². The fourth-order valence-corrected chi connectivity index (χ4v) is 5.78. The molecule has 0 saturated carbocycles. The van der Waals surface area contributed by atoms with E-state index in [-0.39, 0.29) is 18.4 Å². The maximum absolute atomic E-state index is 13.4. The maximum Gasteiger partial charge on any atom is 0.338 e. The Morgan fingerprint density at radius 1 is 1.10 bits per heavy atom. The number of amides is 1. The fraction of sp³-hybridized carbons (Fsp3) is 0.367. The van der Waals surface area contributed by atoms with Crippen molar-refractivity contribution in [2.75, 3.05) is 26.3 Å². The number of fused-ring (bicyclic) bond motifs is 1. The van der Waals surface area contributed by atoms with E-state index in [0.717, 1.165) is 22.0 Å². The maximum atomic E-state index is 13.4. The number of amidine groups is 1. The first-order valence-electron chi connectivity index (χ1n) is 13.2. The molecule has 1 atom stereocenters. The molecule has 0 bridgehead atoms. The van der Waals surface area contributed by atoms with Gasteiger partial charge in [0, 0.05) is 18.8 Å². The molecule has 2 aromatic carbocycles. The molecule has 0 aromatic heterocycles. The summed E-state index contributed by atoms with van der Waals surface area (Å²) in [5, 5.41) is 2.70. The predicted molar refractivity (Wildman–Crippen MR) is 151 cm³/mol. The van der Waals surface area contributed by atoms with Crippen molar-refractivity contribution in [2.45, 2.75) is 45.9 Å². The van der Waals surface area contributed by atoms with Gasteiger partial charge in [-0.2, -0.15) is 0 Å². The molecule has 1 fully saturated rings. The predicted octanol–water partition coefficient (Wildman–Crippen LogP) is 5.04. The zero-order valence-electron chi connectivity index (χ0n) is 22.5. The molecule has 0 N–H and O–H groups in total. The van der Waals surface area contributed by atoms with Gasteiger partial charge in [0.25, 0.3) is 0 Å². The third-order valence-electron chi connectivity index (χ3n) is 6.68. The summed E-state index contributed by atoms with van der Waals surface area (Å²) < 4.78 is 17.2. The molecule has 3 heterocycles. The van der Waals surface area contributed by atoms with E-state index in [9.17, 15) is 9.59 Å². The van der Waals surface area contributed by atoms with Crippen molar-refractivity contribution in [2.24, 2.45) is 4.99 Å². The van der Waals surface area contributed by atoms with Crippen molar-refractivity contribution < 1.29 is 23.8 Å². The highest BCUT2D eigenvalue weighted by Crippen LogP contribution is 2.45. The molecule has 2 aromatic rings. The first-order valence-corrected chi connectivity index (χ1v) is 14.1. The van der Waals surface area contributed by atoms with Crippen LogP contribution in [0, 0.1) is 0 Å². The van der Waals surface area contributed by atoms with Gasteiger partial charge in [0.2, 0.25) is 5.91 Å². The van der Waals surface area contributed by atoms with E-state index in [1.54, 1.807) is 0 Å². The molecule has 1 amide bonds. The van der Waals surface area contributed by atoms with Gasteiger partial charge in [-0.3, -0.25) is 4.79 Å². The minimum absolute atomic E-state index is 0.0303. The molecule has 9 heteroatoms. The minimum atomic E-state index is -0.511. The number of esters is 1. The van der Waals surface area contributed by atoms with Crippen LogP contribution in [0.5, 0.6) is 5.75 Å². The van der Waals surface area contributed by atoms with Crippen LogP contribution in [0.4, 0.5) is 0 Å². The molecular weight excluding hydrogens is 514 g/mol. The zero-order chi connectivity index (χ0) is 27.4. The van der Waals surface area contributed by atoms with Crippen molar-refractivity contribution in [1.29, 1.82) is 0 Å². The van der Waals surface area contributed by atoms with Crippen molar-refractivity contribution in [3.05, 3.63) is 88.1 Å². The Balaban J connectivity index is 1.47. The highest BCUT2D eigenvalue weighted by atomic mass is 32.2. The molecule has 0 aliphatic carbocycles. The second-order valence-electron chi connectivity index (χ2n) is 9.86. The molecule has 39 heavy (non-hydrogen) atoms. The molecule has 5 rings (SSSR count). The summed E-state index contributed by atoms with van der Waals surface area (Å²) in [6, 6.07) is 17.2. The first-order chi connectivity index (χ1) is 18.9. The lowest BCUT2D eigenvalue weighted by Gasteiger charge is -2.37. The monoisotopic (exact) mass is 547 g/mol. The average molecular weight is 548 g/mol. The normalized spacial score (nSPS) is 19.0. The van der Waals surface area contributed by atoms with Crippen molar-refractivity contribution in [1.82, 2.24) is 9.80 Å². The van der Waals surface area contributed by atoms with Crippen LogP contribution < -0.4 is 4.74 Å². The number of allylic oxidation sites excluding steroid dienone is 1. The number of hydrogen-bond acceptors (Lipinski definition) is 8. The molecule has 204 valence electrons. The average Bonchev–Trinajstić information content (AvgIpc) is 3.33. The van der Waals surface area contributed by atoms with E-state index in [4.69, 9.17) is 19.2 Å². The quantitative estimate of drug-likeness (QED) is 0.428. The lowest BCUT2D eigenvalue weighted by atomic mass is 9.93.